The lowest BCUT2D eigenvalue weighted by molar-refractivity contribution is 0.108. The smallest absolute Gasteiger partial charge is 0.128 e. The Hall–Kier alpha value is -1.83. The average molecular weight is 302 g/mol. The molecule has 1 N–H and O–H groups in total. The van der Waals surface area contributed by atoms with Gasteiger partial charge in [-0.15, -0.1) is 0 Å². The van der Waals surface area contributed by atoms with Crippen molar-refractivity contribution in [2.45, 2.75) is 31.4 Å². The van der Waals surface area contributed by atoms with Gasteiger partial charge in [0.25, 0.3) is 0 Å². The van der Waals surface area contributed by atoms with Crippen LogP contribution in [0.25, 0.3) is 10.9 Å². The van der Waals surface area contributed by atoms with E-state index in [9.17, 15) is 5.26 Å². The number of benzene rings is 1. The molecule has 3 rings (SSSR count). The van der Waals surface area contributed by atoms with E-state index in [0.29, 0.717) is 22.7 Å². The van der Waals surface area contributed by atoms with Gasteiger partial charge in [-0.25, -0.2) is 4.98 Å². The summed E-state index contributed by atoms with van der Waals surface area (Å²) in [5, 5.41) is 14.1. The lowest BCUT2D eigenvalue weighted by Crippen LogP contribution is -2.18. The van der Waals surface area contributed by atoms with Crippen LogP contribution >= 0.6 is 11.6 Å². The first-order valence-electron chi connectivity index (χ1n) is 6.99. The lowest BCUT2D eigenvalue weighted by atomic mass is 10.1. The largest absolute Gasteiger partial charge is 0.381 e. The van der Waals surface area contributed by atoms with Crippen LogP contribution in [0.1, 0.15) is 24.8 Å². The summed E-state index contributed by atoms with van der Waals surface area (Å²) in [7, 11) is 1.75. The van der Waals surface area contributed by atoms with E-state index in [2.05, 4.69) is 16.4 Å². The number of fused-ring (bicyclic) bond motifs is 1. The predicted molar refractivity (Wildman–Crippen MR) is 83.5 cm³/mol. The Morgan fingerprint density at radius 3 is 2.95 bits per heavy atom. The van der Waals surface area contributed by atoms with Gasteiger partial charge < -0.3 is 10.1 Å². The van der Waals surface area contributed by atoms with Crippen molar-refractivity contribution >= 4 is 28.3 Å². The summed E-state index contributed by atoms with van der Waals surface area (Å²) in [6, 6.07) is 9.77. The summed E-state index contributed by atoms with van der Waals surface area (Å²) in [6.45, 7) is 0. The van der Waals surface area contributed by atoms with Gasteiger partial charge in [0.2, 0.25) is 0 Å². The maximum atomic E-state index is 9.32. The highest BCUT2D eigenvalue weighted by Crippen LogP contribution is 2.27. The molecule has 4 nitrogen and oxygen atoms in total. The number of ether oxygens (including phenoxy) is 1. The van der Waals surface area contributed by atoms with Crippen LogP contribution in [0.3, 0.4) is 0 Å². The van der Waals surface area contributed by atoms with Gasteiger partial charge >= 0.3 is 0 Å². The maximum absolute atomic E-state index is 9.32. The molecular weight excluding hydrogens is 286 g/mol. The van der Waals surface area contributed by atoms with E-state index in [1.807, 2.05) is 6.07 Å². The van der Waals surface area contributed by atoms with Gasteiger partial charge in [0.1, 0.15) is 5.82 Å². The maximum Gasteiger partial charge on any atom is 0.128 e. The van der Waals surface area contributed by atoms with Crippen LogP contribution in [0, 0.1) is 11.3 Å². The molecule has 1 aromatic carbocycles. The third-order valence-corrected chi connectivity index (χ3v) is 4.20. The van der Waals surface area contributed by atoms with Gasteiger partial charge in [-0.05, 0) is 43.5 Å². The van der Waals surface area contributed by atoms with Crippen LogP contribution in [0.2, 0.25) is 5.02 Å². The molecule has 0 aliphatic heterocycles. The summed E-state index contributed by atoms with van der Waals surface area (Å²) in [5.41, 5.74) is 1.37. The van der Waals surface area contributed by atoms with Crippen LogP contribution in [0.15, 0.2) is 24.3 Å². The molecule has 0 amide bonds. The zero-order chi connectivity index (χ0) is 14.8. The van der Waals surface area contributed by atoms with E-state index >= 15 is 0 Å². The summed E-state index contributed by atoms with van der Waals surface area (Å²) < 4.78 is 5.38. The second-order valence-corrected chi connectivity index (χ2v) is 5.78. The number of hydrogen-bond donors (Lipinski definition) is 1. The number of halogens is 1. The van der Waals surface area contributed by atoms with E-state index in [4.69, 9.17) is 16.3 Å². The second kappa shape index (κ2) is 5.88. The zero-order valence-electron chi connectivity index (χ0n) is 11.8. The number of nitriles is 1. The fourth-order valence-electron chi connectivity index (χ4n) is 2.86. The second-order valence-electron chi connectivity index (χ2n) is 5.34. The first-order chi connectivity index (χ1) is 10.2. The normalized spacial score (nSPS) is 21.4. The van der Waals surface area contributed by atoms with Crippen molar-refractivity contribution < 1.29 is 4.74 Å². The van der Waals surface area contributed by atoms with Gasteiger partial charge in [-0.3, -0.25) is 0 Å². The highest BCUT2D eigenvalue weighted by Gasteiger charge is 2.24. The molecule has 2 aromatic rings. The Morgan fingerprint density at radius 1 is 1.38 bits per heavy atom. The number of aromatic nitrogens is 1. The Kier molecular flexibility index (Phi) is 3.96. The van der Waals surface area contributed by atoms with Crippen molar-refractivity contribution in [1.29, 1.82) is 5.26 Å². The Balaban J connectivity index is 1.90. The lowest BCUT2D eigenvalue weighted by Gasteiger charge is -2.14. The minimum Gasteiger partial charge on any atom is -0.381 e. The van der Waals surface area contributed by atoms with E-state index in [0.717, 1.165) is 36.0 Å². The number of pyridine rings is 1. The van der Waals surface area contributed by atoms with Crippen LogP contribution in [0.5, 0.6) is 0 Å². The number of rotatable bonds is 3. The van der Waals surface area contributed by atoms with E-state index < -0.39 is 0 Å². The molecule has 0 saturated heterocycles. The molecule has 1 saturated carbocycles. The fraction of sp³-hybridized carbons (Fsp3) is 0.375. The molecule has 21 heavy (non-hydrogen) atoms. The molecule has 5 heteroatoms. The number of anilines is 1. The van der Waals surface area contributed by atoms with Crippen LogP contribution in [-0.2, 0) is 4.74 Å². The molecule has 1 aliphatic rings. The van der Waals surface area contributed by atoms with Gasteiger partial charge in [-0.1, -0.05) is 11.6 Å². The topological polar surface area (TPSA) is 57.9 Å². The number of methoxy groups -OCH3 is 1. The predicted octanol–water partition coefficient (Wildman–Crippen LogP) is 3.74. The summed E-state index contributed by atoms with van der Waals surface area (Å²) in [5.74, 6) is 0.739. The van der Waals surface area contributed by atoms with Gasteiger partial charge in [0, 0.05) is 23.6 Å². The van der Waals surface area contributed by atoms with Crippen molar-refractivity contribution in [3.8, 4) is 6.07 Å². The van der Waals surface area contributed by atoms with Gasteiger partial charge in [-0.2, -0.15) is 5.26 Å². The molecule has 1 heterocycles. The van der Waals surface area contributed by atoms with Crippen LogP contribution in [-0.4, -0.2) is 24.2 Å². The summed E-state index contributed by atoms with van der Waals surface area (Å²) in [6.07, 6.45) is 3.40. The SMILES string of the molecule is COC1CCC(Nc2cc(C#N)c3cc(Cl)ccc3n2)C1. The summed E-state index contributed by atoms with van der Waals surface area (Å²) >= 11 is 5.99. The van der Waals surface area contributed by atoms with E-state index in [1.54, 1.807) is 25.3 Å². The molecule has 1 aliphatic carbocycles. The average Bonchev–Trinajstić information content (AvgIpc) is 2.94. The van der Waals surface area contributed by atoms with Crippen molar-refractivity contribution in [2.24, 2.45) is 0 Å². The molecule has 2 atom stereocenters. The highest BCUT2D eigenvalue weighted by molar-refractivity contribution is 6.31. The first kappa shape index (κ1) is 14.1. The minimum atomic E-state index is 0.317. The molecule has 1 fully saturated rings. The zero-order valence-corrected chi connectivity index (χ0v) is 12.5. The monoisotopic (exact) mass is 301 g/mol. The summed E-state index contributed by atoms with van der Waals surface area (Å²) in [4.78, 5) is 4.58. The molecule has 2 unspecified atom stereocenters. The van der Waals surface area contributed by atoms with Crippen molar-refractivity contribution in [2.75, 3.05) is 12.4 Å². The molecule has 0 spiro atoms. The van der Waals surface area contributed by atoms with E-state index in [-0.39, 0.29) is 0 Å². The first-order valence-corrected chi connectivity index (χ1v) is 7.37. The quantitative estimate of drug-likeness (QED) is 0.938. The third kappa shape index (κ3) is 2.94. The number of nitrogens with one attached hydrogen (secondary N) is 1. The van der Waals surface area contributed by atoms with Crippen molar-refractivity contribution in [1.82, 2.24) is 4.98 Å². The van der Waals surface area contributed by atoms with Gasteiger partial charge in [0.15, 0.2) is 0 Å². The van der Waals surface area contributed by atoms with E-state index in [1.165, 1.54) is 0 Å². The Bertz CT molecular complexity index is 710. The van der Waals surface area contributed by atoms with Crippen LogP contribution < -0.4 is 5.32 Å². The molecular formula is C16H16ClN3O. The van der Waals surface area contributed by atoms with Gasteiger partial charge in [0.05, 0.1) is 23.3 Å². The molecule has 108 valence electrons. The Labute approximate surface area is 128 Å². The fourth-order valence-corrected chi connectivity index (χ4v) is 3.03. The highest BCUT2D eigenvalue weighted by atomic mass is 35.5. The standard InChI is InChI=1S/C16H16ClN3O/c1-21-13-4-3-12(8-13)19-16-6-10(9-18)14-7-11(17)2-5-15(14)20-16/h2,5-7,12-13H,3-4,8H2,1H3,(H,19,20). The number of hydrogen-bond acceptors (Lipinski definition) is 4. The minimum absolute atomic E-state index is 0.317. The molecule has 0 bridgehead atoms. The molecule has 0 radical (unpaired) electrons. The molecule has 1 aromatic heterocycles. The van der Waals surface area contributed by atoms with Crippen molar-refractivity contribution in [3.05, 3.63) is 34.9 Å². The van der Waals surface area contributed by atoms with Crippen LogP contribution in [0.4, 0.5) is 5.82 Å². The van der Waals surface area contributed by atoms with Crippen molar-refractivity contribution in [3.63, 3.8) is 0 Å². The third-order valence-electron chi connectivity index (χ3n) is 3.96. The Morgan fingerprint density at radius 2 is 2.24 bits per heavy atom. The number of nitrogens with zero attached hydrogens (tertiary/aromatic N) is 2.